The van der Waals surface area contributed by atoms with E-state index in [9.17, 15) is 12.8 Å². The van der Waals surface area contributed by atoms with Crippen LogP contribution in [0.1, 0.15) is 63.5 Å². The van der Waals surface area contributed by atoms with Crippen molar-refractivity contribution in [3.8, 4) is 0 Å². The first-order valence-corrected chi connectivity index (χ1v) is 12.9. The highest BCUT2D eigenvalue weighted by Crippen LogP contribution is 2.31. The number of guanidine groups is 1. The molecule has 0 bridgehead atoms. The lowest BCUT2D eigenvalue weighted by Gasteiger charge is -2.37. The SMILES string of the molecule is CCCOC1(CNC(=NCc2cc(F)ccc2CS(C)(=O)=O)NCC)CCCCC1. The zero-order valence-electron chi connectivity index (χ0n) is 18.5. The Morgan fingerprint density at radius 2 is 1.90 bits per heavy atom. The van der Waals surface area contributed by atoms with Gasteiger partial charge in [0, 0.05) is 26.0 Å². The van der Waals surface area contributed by atoms with Gasteiger partial charge in [-0.3, -0.25) is 0 Å². The molecule has 0 aliphatic heterocycles. The van der Waals surface area contributed by atoms with Crippen LogP contribution in [0.5, 0.6) is 0 Å². The fourth-order valence-corrected chi connectivity index (χ4v) is 4.65. The number of nitrogens with one attached hydrogen (secondary N) is 2. The zero-order chi connectivity index (χ0) is 22.0. The molecule has 1 fully saturated rings. The highest BCUT2D eigenvalue weighted by Gasteiger charge is 2.32. The van der Waals surface area contributed by atoms with E-state index in [2.05, 4.69) is 22.5 Å². The van der Waals surface area contributed by atoms with Crippen LogP contribution in [0, 0.1) is 5.82 Å². The summed E-state index contributed by atoms with van der Waals surface area (Å²) in [5.41, 5.74) is 0.978. The van der Waals surface area contributed by atoms with E-state index in [4.69, 9.17) is 4.74 Å². The molecule has 2 rings (SSSR count). The first-order chi connectivity index (χ1) is 14.3. The van der Waals surface area contributed by atoms with Crippen LogP contribution in [0.15, 0.2) is 23.2 Å². The molecule has 1 aliphatic carbocycles. The van der Waals surface area contributed by atoms with Crippen LogP contribution in [-0.4, -0.2) is 45.9 Å². The minimum Gasteiger partial charge on any atom is -0.373 e. The predicted octanol–water partition coefficient (Wildman–Crippen LogP) is 3.55. The summed E-state index contributed by atoms with van der Waals surface area (Å²) in [5.74, 6) is 0.0949. The maximum absolute atomic E-state index is 13.8. The third kappa shape index (κ3) is 8.22. The van der Waals surface area contributed by atoms with Gasteiger partial charge >= 0.3 is 0 Å². The summed E-state index contributed by atoms with van der Waals surface area (Å²) in [4.78, 5) is 4.59. The van der Waals surface area contributed by atoms with Crippen molar-refractivity contribution in [2.24, 2.45) is 4.99 Å². The van der Waals surface area contributed by atoms with E-state index >= 15 is 0 Å². The van der Waals surface area contributed by atoms with E-state index in [1.165, 1.54) is 30.9 Å². The summed E-state index contributed by atoms with van der Waals surface area (Å²) in [6.07, 6.45) is 7.79. The van der Waals surface area contributed by atoms with Gasteiger partial charge in [0.1, 0.15) is 5.82 Å². The number of halogens is 1. The van der Waals surface area contributed by atoms with E-state index in [1.807, 2.05) is 6.92 Å². The summed E-state index contributed by atoms with van der Waals surface area (Å²) in [7, 11) is -3.22. The molecule has 170 valence electrons. The Morgan fingerprint density at radius 1 is 1.17 bits per heavy atom. The van der Waals surface area contributed by atoms with Gasteiger partial charge in [-0.25, -0.2) is 17.8 Å². The molecule has 30 heavy (non-hydrogen) atoms. The standard InChI is InChI=1S/C22H36FN3O3S/c1-4-13-29-22(11-7-6-8-12-22)17-26-21(24-5-2)25-15-19-14-20(23)10-9-18(19)16-30(3,27)28/h9-10,14H,4-8,11-13,15-17H2,1-3H3,(H2,24,25,26). The van der Waals surface area contributed by atoms with Crippen molar-refractivity contribution in [2.45, 2.75) is 70.3 Å². The molecule has 0 saturated heterocycles. The number of benzene rings is 1. The minimum atomic E-state index is -3.22. The molecule has 0 spiro atoms. The summed E-state index contributed by atoms with van der Waals surface area (Å²) in [5, 5.41) is 6.61. The highest BCUT2D eigenvalue weighted by molar-refractivity contribution is 7.89. The summed E-state index contributed by atoms with van der Waals surface area (Å²) in [6, 6.07) is 4.17. The highest BCUT2D eigenvalue weighted by atomic mass is 32.2. The summed E-state index contributed by atoms with van der Waals surface area (Å²) >= 11 is 0. The van der Waals surface area contributed by atoms with Crippen LogP contribution in [0.4, 0.5) is 4.39 Å². The van der Waals surface area contributed by atoms with Gasteiger partial charge < -0.3 is 15.4 Å². The van der Waals surface area contributed by atoms with Gasteiger partial charge in [0.15, 0.2) is 15.8 Å². The zero-order valence-corrected chi connectivity index (χ0v) is 19.3. The predicted molar refractivity (Wildman–Crippen MR) is 120 cm³/mol. The Bertz CT molecular complexity index is 806. The van der Waals surface area contributed by atoms with Crippen molar-refractivity contribution in [3.05, 3.63) is 35.1 Å². The molecule has 1 saturated carbocycles. The molecule has 0 aromatic heterocycles. The van der Waals surface area contributed by atoms with Gasteiger partial charge in [-0.05, 0) is 49.4 Å². The Labute approximate surface area is 180 Å². The van der Waals surface area contributed by atoms with Gasteiger partial charge in [0.2, 0.25) is 0 Å². The topological polar surface area (TPSA) is 79.8 Å². The van der Waals surface area contributed by atoms with E-state index in [-0.39, 0.29) is 17.9 Å². The molecule has 6 nitrogen and oxygen atoms in total. The van der Waals surface area contributed by atoms with E-state index in [0.29, 0.717) is 30.2 Å². The number of hydrogen-bond donors (Lipinski definition) is 2. The second kappa shape index (κ2) is 11.6. The van der Waals surface area contributed by atoms with Crippen LogP contribution in [0.3, 0.4) is 0 Å². The normalized spacial score (nSPS) is 17.0. The van der Waals surface area contributed by atoms with Crippen molar-refractivity contribution >= 4 is 15.8 Å². The van der Waals surface area contributed by atoms with Gasteiger partial charge in [0.05, 0.1) is 17.9 Å². The lowest BCUT2D eigenvalue weighted by molar-refractivity contribution is -0.0657. The first-order valence-electron chi connectivity index (χ1n) is 10.9. The quantitative estimate of drug-likeness (QED) is 0.429. The molecule has 1 aromatic rings. The van der Waals surface area contributed by atoms with Gasteiger partial charge in [-0.1, -0.05) is 32.3 Å². The van der Waals surface area contributed by atoms with Gasteiger partial charge in [0.25, 0.3) is 0 Å². The number of nitrogens with zero attached hydrogens (tertiary/aromatic N) is 1. The Hall–Kier alpha value is -1.67. The van der Waals surface area contributed by atoms with Crippen molar-refractivity contribution in [3.63, 3.8) is 0 Å². The second-order valence-corrected chi connectivity index (χ2v) is 10.3. The molecule has 0 heterocycles. The monoisotopic (exact) mass is 441 g/mol. The van der Waals surface area contributed by atoms with E-state index < -0.39 is 15.7 Å². The molecule has 8 heteroatoms. The number of aliphatic imine (C=N–C) groups is 1. The number of ether oxygens (including phenoxy) is 1. The smallest absolute Gasteiger partial charge is 0.191 e. The van der Waals surface area contributed by atoms with Gasteiger partial charge in [-0.2, -0.15) is 0 Å². The lowest BCUT2D eigenvalue weighted by Crippen LogP contribution is -2.49. The first kappa shape index (κ1) is 24.6. The van der Waals surface area contributed by atoms with Crippen molar-refractivity contribution in [1.82, 2.24) is 10.6 Å². The molecule has 0 radical (unpaired) electrons. The average molecular weight is 442 g/mol. The molecule has 2 N–H and O–H groups in total. The van der Waals surface area contributed by atoms with Crippen LogP contribution in [0.25, 0.3) is 0 Å². The van der Waals surface area contributed by atoms with Crippen molar-refractivity contribution in [2.75, 3.05) is 26.0 Å². The van der Waals surface area contributed by atoms with Crippen LogP contribution >= 0.6 is 0 Å². The number of hydrogen-bond acceptors (Lipinski definition) is 4. The van der Waals surface area contributed by atoms with Crippen molar-refractivity contribution < 1.29 is 17.5 Å². The third-order valence-corrected chi connectivity index (χ3v) is 6.13. The number of sulfone groups is 1. The Morgan fingerprint density at radius 3 is 2.53 bits per heavy atom. The van der Waals surface area contributed by atoms with Crippen LogP contribution < -0.4 is 10.6 Å². The largest absolute Gasteiger partial charge is 0.373 e. The summed E-state index contributed by atoms with van der Waals surface area (Å²) in [6.45, 7) is 6.39. The Balaban J connectivity index is 2.13. The Kier molecular flexibility index (Phi) is 9.55. The fourth-order valence-electron chi connectivity index (χ4n) is 3.80. The average Bonchev–Trinajstić information content (AvgIpc) is 2.70. The van der Waals surface area contributed by atoms with E-state index in [1.54, 1.807) is 0 Å². The lowest BCUT2D eigenvalue weighted by atomic mass is 9.84. The molecule has 0 amide bonds. The molecule has 1 aliphatic rings. The number of rotatable bonds is 10. The molecule has 1 aromatic carbocycles. The molecule has 0 unspecified atom stereocenters. The second-order valence-electron chi connectivity index (χ2n) is 8.12. The maximum Gasteiger partial charge on any atom is 0.191 e. The van der Waals surface area contributed by atoms with Gasteiger partial charge in [-0.15, -0.1) is 0 Å². The molecule has 0 atom stereocenters. The van der Waals surface area contributed by atoms with Crippen LogP contribution in [0.2, 0.25) is 0 Å². The molecular formula is C22H36FN3O3S. The maximum atomic E-state index is 13.8. The van der Waals surface area contributed by atoms with Crippen molar-refractivity contribution in [1.29, 1.82) is 0 Å². The minimum absolute atomic E-state index is 0.129. The molecular weight excluding hydrogens is 405 g/mol. The van der Waals surface area contributed by atoms with E-state index in [0.717, 1.165) is 38.7 Å². The summed E-state index contributed by atoms with van der Waals surface area (Å²) < 4.78 is 43.4. The fraction of sp³-hybridized carbons (Fsp3) is 0.682. The third-order valence-electron chi connectivity index (χ3n) is 5.29. The van der Waals surface area contributed by atoms with Crippen LogP contribution in [-0.2, 0) is 26.9 Å².